The highest BCUT2D eigenvalue weighted by atomic mass is 35.5. The Labute approximate surface area is 95.0 Å². The normalized spacial score (nSPS) is 26.6. The molecule has 2 atom stereocenters. The molecule has 5 heteroatoms. The van der Waals surface area contributed by atoms with Gasteiger partial charge in [-0.3, -0.25) is 9.29 Å². The second-order valence-corrected chi connectivity index (χ2v) is 4.08. The van der Waals surface area contributed by atoms with Crippen molar-refractivity contribution in [2.75, 3.05) is 20.3 Å². The number of hydrogen-bond donors (Lipinski definition) is 0. The SMILES string of the molecule is Cc1cc([C@H]2C[C@H](CF)CN2C)on1.Cl. The summed E-state index contributed by atoms with van der Waals surface area (Å²) in [5.74, 6) is 1.01. The molecule has 0 N–H and O–H groups in total. The summed E-state index contributed by atoms with van der Waals surface area (Å²) in [6.45, 7) is 2.46. The molecule has 0 bridgehead atoms. The fraction of sp³-hybridized carbons (Fsp3) is 0.700. The van der Waals surface area contributed by atoms with Crippen LogP contribution in [0, 0.1) is 12.8 Å². The van der Waals surface area contributed by atoms with Crippen LogP contribution in [0.2, 0.25) is 0 Å². The van der Waals surface area contributed by atoms with Gasteiger partial charge in [0, 0.05) is 18.5 Å². The van der Waals surface area contributed by atoms with Crippen molar-refractivity contribution >= 4 is 12.4 Å². The van der Waals surface area contributed by atoms with Crippen molar-refractivity contribution in [1.29, 1.82) is 0 Å². The minimum absolute atomic E-state index is 0. The van der Waals surface area contributed by atoms with E-state index in [9.17, 15) is 4.39 Å². The zero-order chi connectivity index (χ0) is 10.1. The first-order chi connectivity index (χ1) is 6.70. The lowest BCUT2D eigenvalue weighted by molar-refractivity contribution is 0.250. The highest BCUT2D eigenvalue weighted by Gasteiger charge is 2.32. The third kappa shape index (κ3) is 2.49. The van der Waals surface area contributed by atoms with Gasteiger partial charge < -0.3 is 4.52 Å². The monoisotopic (exact) mass is 234 g/mol. The molecule has 1 fully saturated rings. The third-order valence-corrected chi connectivity index (χ3v) is 2.83. The Kier molecular flexibility index (Phi) is 4.11. The molecule has 1 aromatic rings. The molecule has 15 heavy (non-hydrogen) atoms. The van der Waals surface area contributed by atoms with Gasteiger partial charge in [0.05, 0.1) is 18.4 Å². The van der Waals surface area contributed by atoms with E-state index in [-0.39, 0.29) is 31.0 Å². The Hall–Kier alpha value is -0.610. The Morgan fingerprint density at radius 3 is 2.87 bits per heavy atom. The topological polar surface area (TPSA) is 29.3 Å². The smallest absolute Gasteiger partial charge is 0.154 e. The summed E-state index contributed by atoms with van der Waals surface area (Å²) in [5.41, 5.74) is 0.886. The van der Waals surface area contributed by atoms with Gasteiger partial charge in [-0.2, -0.15) is 0 Å². The highest BCUT2D eigenvalue weighted by Crippen LogP contribution is 2.34. The first-order valence-electron chi connectivity index (χ1n) is 4.90. The van der Waals surface area contributed by atoms with Crippen LogP contribution in [0.1, 0.15) is 23.9 Å². The molecule has 2 heterocycles. The second-order valence-electron chi connectivity index (χ2n) is 4.08. The third-order valence-electron chi connectivity index (χ3n) is 2.83. The number of hydrogen-bond acceptors (Lipinski definition) is 3. The van der Waals surface area contributed by atoms with E-state index in [0.29, 0.717) is 0 Å². The van der Waals surface area contributed by atoms with Crippen molar-refractivity contribution in [3.05, 3.63) is 17.5 Å². The maximum atomic E-state index is 12.5. The van der Waals surface area contributed by atoms with E-state index in [1.165, 1.54) is 0 Å². The molecule has 1 aliphatic rings. The molecule has 0 aliphatic carbocycles. The molecule has 0 amide bonds. The van der Waals surface area contributed by atoms with Gasteiger partial charge in [-0.25, -0.2) is 0 Å². The summed E-state index contributed by atoms with van der Waals surface area (Å²) < 4.78 is 17.7. The van der Waals surface area contributed by atoms with E-state index in [1.54, 1.807) is 0 Å². The van der Waals surface area contributed by atoms with E-state index >= 15 is 0 Å². The summed E-state index contributed by atoms with van der Waals surface area (Å²) in [7, 11) is 2.00. The van der Waals surface area contributed by atoms with Crippen LogP contribution in [0.15, 0.2) is 10.6 Å². The van der Waals surface area contributed by atoms with Crippen LogP contribution in [-0.4, -0.2) is 30.3 Å². The molecular weight excluding hydrogens is 219 g/mol. The maximum absolute atomic E-state index is 12.5. The number of rotatable bonds is 2. The largest absolute Gasteiger partial charge is 0.359 e. The van der Waals surface area contributed by atoms with Gasteiger partial charge in [0.15, 0.2) is 5.76 Å². The van der Waals surface area contributed by atoms with Gasteiger partial charge in [-0.15, -0.1) is 12.4 Å². The lowest BCUT2D eigenvalue weighted by atomic mass is 10.1. The summed E-state index contributed by atoms with van der Waals surface area (Å²) in [5, 5.41) is 3.85. The quantitative estimate of drug-likeness (QED) is 0.787. The van der Waals surface area contributed by atoms with Gasteiger partial charge in [0.2, 0.25) is 0 Å². The minimum atomic E-state index is -0.242. The van der Waals surface area contributed by atoms with Crippen LogP contribution in [-0.2, 0) is 0 Å². The molecule has 1 aliphatic heterocycles. The first kappa shape index (κ1) is 12.5. The van der Waals surface area contributed by atoms with E-state index < -0.39 is 0 Å². The van der Waals surface area contributed by atoms with Gasteiger partial charge in [0.1, 0.15) is 0 Å². The molecule has 86 valence electrons. The summed E-state index contributed by atoms with van der Waals surface area (Å²) >= 11 is 0. The molecule has 2 rings (SSSR count). The van der Waals surface area contributed by atoms with E-state index in [2.05, 4.69) is 10.1 Å². The Morgan fingerprint density at radius 1 is 1.67 bits per heavy atom. The molecule has 1 saturated heterocycles. The van der Waals surface area contributed by atoms with Crippen LogP contribution < -0.4 is 0 Å². The Balaban J connectivity index is 0.00000112. The maximum Gasteiger partial charge on any atom is 0.154 e. The predicted octanol–water partition coefficient (Wildman–Crippen LogP) is 2.37. The molecular formula is C10H16ClFN2O. The average molecular weight is 235 g/mol. The standard InChI is InChI=1S/C10H15FN2O.ClH/c1-7-3-10(14-12-7)9-4-8(5-11)6-13(9)2;/h3,8-9H,4-6H2,1-2H3;1H/t8-,9-;/m1./s1. The summed E-state index contributed by atoms with van der Waals surface area (Å²) in [6.07, 6.45) is 0.835. The fourth-order valence-corrected chi connectivity index (χ4v) is 2.09. The Morgan fingerprint density at radius 2 is 2.40 bits per heavy atom. The van der Waals surface area contributed by atoms with Crippen LogP contribution >= 0.6 is 12.4 Å². The molecule has 1 aromatic heterocycles. The molecule has 0 unspecified atom stereocenters. The Bertz CT molecular complexity index is 318. The highest BCUT2D eigenvalue weighted by molar-refractivity contribution is 5.85. The zero-order valence-electron chi connectivity index (χ0n) is 8.94. The van der Waals surface area contributed by atoms with Crippen LogP contribution in [0.25, 0.3) is 0 Å². The van der Waals surface area contributed by atoms with E-state index in [0.717, 1.165) is 24.4 Å². The van der Waals surface area contributed by atoms with Crippen LogP contribution in [0.3, 0.4) is 0 Å². The van der Waals surface area contributed by atoms with Crippen molar-refractivity contribution in [1.82, 2.24) is 10.1 Å². The number of alkyl halides is 1. The second kappa shape index (κ2) is 4.94. The number of halogens is 2. The van der Waals surface area contributed by atoms with Crippen LogP contribution in [0.5, 0.6) is 0 Å². The lowest BCUT2D eigenvalue weighted by Crippen LogP contribution is -2.18. The summed E-state index contributed by atoms with van der Waals surface area (Å²) in [6, 6.07) is 2.14. The number of aryl methyl sites for hydroxylation is 1. The summed E-state index contributed by atoms with van der Waals surface area (Å²) in [4.78, 5) is 2.13. The first-order valence-corrected chi connectivity index (χ1v) is 4.90. The van der Waals surface area contributed by atoms with Crippen molar-refractivity contribution in [2.24, 2.45) is 5.92 Å². The number of aromatic nitrogens is 1. The number of likely N-dealkylation sites (tertiary alicyclic amines) is 1. The average Bonchev–Trinajstić information content (AvgIpc) is 2.71. The van der Waals surface area contributed by atoms with Crippen molar-refractivity contribution < 1.29 is 8.91 Å². The zero-order valence-corrected chi connectivity index (χ0v) is 9.76. The van der Waals surface area contributed by atoms with Gasteiger partial charge in [-0.1, -0.05) is 5.16 Å². The van der Waals surface area contributed by atoms with Crippen molar-refractivity contribution in [3.63, 3.8) is 0 Å². The van der Waals surface area contributed by atoms with Gasteiger partial charge in [0.25, 0.3) is 0 Å². The van der Waals surface area contributed by atoms with Gasteiger partial charge in [-0.05, 0) is 20.4 Å². The van der Waals surface area contributed by atoms with E-state index in [1.807, 2.05) is 20.0 Å². The molecule has 0 saturated carbocycles. The minimum Gasteiger partial charge on any atom is -0.359 e. The number of nitrogens with zero attached hydrogens (tertiary/aromatic N) is 2. The van der Waals surface area contributed by atoms with Gasteiger partial charge >= 0.3 is 0 Å². The lowest BCUT2D eigenvalue weighted by Gasteiger charge is -2.15. The van der Waals surface area contributed by atoms with Crippen molar-refractivity contribution in [2.45, 2.75) is 19.4 Å². The molecule has 3 nitrogen and oxygen atoms in total. The molecule has 0 radical (unpaired) electrons. The predicted molar refractivity (Wildman–Crippen MR) is 57.9 cm³/mol. The van der Waals surface area contributed by atoms with E-state index in [4.69, 9.17) is 4.52 Å². The molecule has 0 aromatic carbocycles. The molecule has 0 spiro atoms. The fourth-order valence-electron chi connectivity index (χ4n) is 2.09. The van der Waals surface area contributed by atoms with Crippen LogP contribution in [0.4, 0.5) is 4.39 Å². The van der Waals surface area contributed by atoms with Crippen molar-refractivity contribution in [3.8, 4) is 0 Å².